The van der Waals surface area contributed by atoms with Crippen molar-refractivity contribution in [2.45, 2.75) is 39.5 Å². The number of aromatic nitrogens is 2. The molecule has 2 amide bonds. The molecule has 3 rings (SSSR count). The van der Waals surface area contributed by atoms with Gasteiger partial charge in [0, 0.05) is 38.2 Å². The molecule has 0 spiro atoms. The number of benzene rings is 2. The Kier molecular flexibility index (Phi) is 9.32. The van der Waals surface area contributed by atoms with Crippen molar-refractivity contribution in [2.75, 3.05) is 19.6 Å². The summed E-state index contributed by atoms with van der Waals surface area (Å²) in [6, 6.07) is 20.7. The maximum atomic E-state index is 12.9. The first-order valence-electron chi connectivity index (χ1n) is 11.9. The highest BCUT2D eigenvalue weighted by Gasteiger charge is 2.20. The van der Waals surface area contributed by atoms with E-state index in [9.17, 15) is 9.59 Å². The lowest BCUT2D eigenvalue weighted by molar-refractivity contribution is -0.121. The van der Waals surface area contributed by atoms with Crippen molar-refractivity contribution in [2.24, 2.45) is 5.92 Å². The summed E-state index contributed by atoms with van der Waals surface area (Å²) in [4.78, 5) is 35.6. The van der Waals surface area contributed by atoms with Crippen LogP contribution in [0.1, 0.15) is 59.9 Å². The molecular weight excluding hydrogens is 424 g/mol. The Balaban J connectivity index is 1.56. The molecule has 0 radical (unpaired) electrons. The Morgan fingerprint density at radius 2 is 1.53 bits per heavy atom. The smallest absolute Gasteiger partial charge is 0.274 e. The zero-order valence-electron chi connectivity index (χ0n) is 20.3. The van der Waals surface area contributed by atoms with Gasteiger partial charge in [0.15, 0.2) is 0 Å². The van der Waals surface area contributed by atoms with Gasteiger partial charge in [-0.15, -0.1) is 0 Å². The fourth-order valence-electron chi connectivity index (χ4n) is 3.96. The maximum absolute atomic E-state index is 12.9. The number of carbonyl (C=O) groups is 2. The lowest BCUT2D eigenvalue weighted by Gasteiger charge is -2.24. The molecule has 6 heteroatoms. The molecule has 0 aliphatic heterocycles. The molecule has 0 saturated heterocycles. The SMILES string of the molecule is Cc1cnc(C(=O)N(CCC(=O)NCCC(c2ccccc2)c2ccccc2)CC(C)C)cn1. The molecule has 0 atom stereocenters. The monoisotopic (exact) mass is 458 g/mol. The van der Waals surface area contributed by atoms with Crippen molar-refractivity contribution < 1.29 is 9.59 Å². The summed E-state index contributed by atoms with van der Waals surface area (Å²) in [6.07, 6.45) is 4.13. The van der Waals surface area contributed by atoms with Crippen LogP contribution in [-0.4, -0.2) is 46.3 Å². The van der Waals surface area contributed by atoms with E-state index in [0.717, 1.165) is 12.1 Å². The first-order valence-corrected chi connectivity index (χ1v) is 11.9. The quantitative estimate of drug-likeness (QED) is 0.455. The van der Waals surface area contributed by atoms with Gasteiger partial charge in [0.05, 0.1) is 11.9 Å². The molecule has 0 aliphatic carbocycles. The Bertz CT molecular complexity index is 998. The Morgan fingerprint density at radius 3 is 2.06 bits per heavy atom. The van der Waals surface area contributed by atoms with Gasteiger partial charge in [-0.2, -0.15) is 0 Å². The maximum Gasteiger partial charge on any atom is 0.274 e. The number of hydrogen-bond acceptors (Lipinski definition) is 4. The number of hydrogen-bond donors (Lipinski definition) is 1. The molecule has 0 fully saturated rings. The summed E-state index contributed by atoms with van der Waals surface area (Å²) >= 11 is 0. The average Bonchev–Trinajstić information content (AvgIpc) is 2.85. The predicted octanol–water partition coefficient (Wildman–Crippen LogP) is 4.61. The fraction of sp³-hybridized carbons (Fsp3) is 0.357. The van der Waals surface area contributed by atoms with Gasteiger partial charge in [-0.1, -0.05) is 74.5 Å². The summed E-state index contributed by atoms with van der Waals surface area (Å²) in [5.41, 5.74) is 3.53. The number of aryl methyl sites for hydroxylation is 1. The van der Waals surface area contributed by atoms with Gasteiger partial charge >= 0.3 is 0 Å². The van der Waals surface area contributed by atoms with Crippen molar-refractivity contribution >= 4 is 11.8 Å². The Hall–Kier alpha value is -3.54. The van der Waals surface area contributed by atoms with Gasteiger partial charge in [-0.25, -0.2) is 4.98 Å². The van der Waals surface area contributed by atoms with Crippen LogP contribution >= 0.6 is 0 Å². The topological polar surface area (TPSA) is 75.2 Å². The second-order valence-electron chi connectivity index (χ2n) is 8.95. The summed E-state index contributed by atoms with van der Waals surface area (Å²) in [7, 11) is 0. The standard InChI is InChI=1S/C28H34N4O2/c1-21(2)20-32(28(34)26-19-30-22(3)18-31-26)17-15-27(33)29-16-14-25(23-10-6-4-7-11-23)24-12-8-5-9-13-24/h4-13,18-19,21,25H,14-17,20H2,1-3H3,(H,29,33). The third-order valence-electron chi connectivity index (χ3n) is 5.64. The van der Waals surface area contributed by atoms with E-state index in [1.54, 1.807) is 11.1 Å². The van der Waals surface area contributed by atoms with E-state index in [-0.39, 0.29) is 30.1 Å². The Labute approximate surface area is 202 Å². The van der Waals surface area contributed by atoms with E-state index in [2.05, 4.69) is 53.4 Å². The molecule has 178 valence electrons. The Morgan fingerprint density at radius 1 is 0.912 bits per heavy atom. The largest absolute Gasteiger partial charge is 0.356 e. The number of rotatable bonds is 11. The van der Waals surface area contributed by atoms with Crippen LogP contribution in [0.25, 0.3) is 0 Å². The van der Waals surface area contributed by atoms with Crippen molar-refractivity contribution in [3.63, 3.8) is 0 Å². The molecule has 1 aromatic heterocycles. The highest BCUT2D eigenvalue weighted by atomic mass is 16.2. The third-order valence-corrected chi connectivity index (χ3v) is 5.64. The van der Waals surface area contributed by atoms with Crippen molar-refractivity contribution in [1.29, 1.82) is 0 Å². The number of carbonyl (C=O) groups excluding carboxylic acids is 2. The number of nitrogens with zero attached hydrogens (tertiary/aromatic N) is 3. The third kappa shape index (κ3) is 7.51. The fourth-order valence-corrected chi connectivity index (χ4v) is 3.96. The zero-order chi connectivity index (χ0) is 24.3. The summed E-state index contributed by atoms with van der Waals surface area (Å²) in [5, 5.41) is 3.04. The first-order chi connectivity index (χ1) is 16.4. The van der Waals surface area contributed by atoms with Crippen LogP contribution in [0, 0.1) is 12.8 Å². The summed E-state index contributed by atoms with van der Waals surface area (Å²) in [6.45, 7) is 7.40. The number of amides is 2. The summed E-state index contributed by atoms with van der Waals surface area (Å²) in [5.74, 6) is 0.239. The second-order valence-corrected chi connectivity index (χ2v) is 8.95. The highest BCUT2D eigenvalue weighted by molar-refractivity contribution is 5.92. The molecule has 6 nitrogen and oxygen atoms in total. The van der Waals surface area contributed by atoms with Crippen LogP contribution in [0.2, 0.25) is 0 Å². The van der Waals surface area contributed by atoms with E-state index in [4.69, 9.17) is 0 Å². The van der Waals surface area contributed by atoms with Gasteiger partial charge in [0.1, 0.15) is 5.69 Å². The molecule has 3 aromatic rings. The minimum absolute atomic E-state index is 0.0589. The van der Waals surface area contributed by atoms with E-state index in [1.165, 1.54) is 17.3 Å². The molecule has 2 aromatic carbocycles. The van der Waals surface area contributed by atoms with Crippen LogP contribution in [0.15, 0.2) is 73.1 Å². The highest BCUT2D eigenvalue weighted by Crippen LogP contribution is 2.27. The molecule has 0 saturated carbocycles. The lowest BCUT2D eigenvalue weighted by atomic mass is 9.88. The molecule has 0 bridgehead atoms. The average molecular weight is 459 g/mol. The van der Waals surface area contributed by atoms with Crippen molar-refractivity contribution in [3.8, 4) is 0 Å². The predicted molar refractivity (Wildman–Crippen MR) is 134 cm³/mol. The van der Waals surface area contributed by atoms with Gasteiger partial charge in [0.25, 0.3) is 5.91 Å². The van der Waals surface area contributed by atoms with Gasteiger partial charge in [-0.3, -0.25) is 14.6 Å². The van der Waals surface area contributed by atoms with Gasteiger partial charge in [0.2, 0.25) is 5.91 Å². The van der Waals surface area contributed by atoms with Crippen LogP contribution in [-0.2, 0) is 4.79 Å². The van der Waals surface area contributed by atoms with E-state index in [0.29, 0.717) is 25.3 Å². The molecular formula is C28H34N4O2. The minimum atomic E-state index is -0.192. The molecule has 0 aliphatic rings. The van der Waals surface area contributed by atoms with E-state index < -0.39 is 0 Å². The van der Waals surface area contributed by atoms with E-state index >= 15 is 0 Å². The molecule has 1 N–H and O–H groups in total. The van der Waals surface area contributed by atoms with Crippen LogP contribution in [0.3, 0.4) is 0 Å². The summed E-state index contributed by atoms with van der Waals surface area (Å²) < 4.78 is 0. The van der Waals surface area contributed by atoms with Crippen LogP contribution in [0.4, 0.5) is 0 Å². The van der Waals surface area contributed by atoms with Crippen molar-refractivity contribution in [3.05, 3.63) is 95.6 Å². The molecule has 0 unspecified atom stereocenters. The number of nitrogens with one attached hydrogen (secondary N) is 1. The van der Waals surface area contributed by atoms with Crippen LogP contribution < -0.4 is 5.32 Å². The lowest BCUT2D eigenvalue weighted by Crippen LogP contribution is -2.38. The van der Waals surface area contributed by atoms with Gasteiger partial charge in [-0.05, 0) is 30.4 Å². The molecule has 34 heavy (non-hydrogen) atoms. The second kappa shape index (κ2) is 12.6. The van der Waals surface area contributed by atoms with Crippen molar-refractivity contribution in [1.82, 2.24) is 20.2 Å². The molecule has 1 heterocycles. The minimum Gasteiger partial charge on any atom is -0.356 e. The normalized spacial score (nSPS) is 11.0. The van der Waals surface area contributed by atoms with Crippen LogP contribution in [0.5, 0.6) is 0 Å². The zero-order valence-corrected chi connectivity index (χ0v) is 20.3. The first kappa shape index (κ1) is 25.1. The van der Waals surface area contributed by atoms with Gasteiger partial charge < -0.3 is 10.2 Å². The van der Waals surface area contributed by atoms with E-state index in [1.807, 2.05) is 43.3 Å².